The van der Waals surface area contributed by atoms with Crippen LogP contribution in [0.3, 0.4) is 0 Å². The van der Waals surface area contributed by atoms with E-state index >= 15 is 0 Å². The molecule has 6 heterocycles. The van der Waals surface area contributed by atoms with E-state index in [4.69, 9.17) is 9.47 Å². The molecule has 4 aliphatic rings. The molecule has 352 valence electrons. The van der Waals surface area contributed by atoms with E-state index in [1.807, 2.05) is 48.5 Å². The molecule has 18 heteroatoms. The van der Waals surface area contributed by atoms with Gasteiger partial charge in [-0.15, -0.1) is 22.7 Å². The number of hydrogen-bond acceptors (Lipinski definition) is 14. The number of ether oxygens (including phenoxy) is 2. The van der Waals surface area contributed by atoms with Gasteiger partial charge in [-0.2, -0.15) is 8.61 Å². The summed E-state index contributed by atoms with van der Waals surface area (Å²) in [6, 6.07) is 23.6. The molecule has 2 aromatic carbocycles. The highest BCUT2D eigenvalue weighted by Gasteiger charge is 2.37. The topological polar surface area (TPSA) is 164 Å². The average Bonchev–Trinajstić information content (AvgIpc) is 4.06. The van der Waals surface area contributed by atoms with Gasteiger partial charge >= 0.3 is 0 Å². The van der Waals surface area contributed by atoms with Gasteiger partial charge in [0.25, 0.3) is 20.0 Å². The smallest absolute Gasteiger partial charge is 0.252 e. The summed E-state index contributed by atoms with van der Waals surface area (Å²) in [6.45, 7) is 14.6. The first-order chi connectivity index (χ1) is 30.5. The normalized spacial score (nSPS) is 21.7. The molecular formula is C46H66N6O8S4. The number of nitrogens with one attached hydrogen (secondary N) is 2. The number of piperazine rings is 2. The molecule has 0 aliphatic carbocycles. The summed E-state index contributed by atoms with van der Waals surface area (Å²) in [6.07, 6.45) is 3.91. The molecule has 4 aromatic rings. The van der Waals surface area contributed by atoms with E-state index in [0.717, 1.165) is 74.6 Å². The van der Waals surface area contributed by atoms with Crippen molar-refractivity contribution < 1.29 is 36.5 Å². The van der Waals surface area contributed by atoms with E-state index in [2.05, 4.69) is 20.4 Å². The SMILES string of the molecule is CC(C)(O)c1ccc(N2CCN(S(=O)(=O)c3cccs3)C[C@@H]2CNC2CCOCC2)cc1.CC(C)(O)c1ccc(N2CCN(S(=O)(=O)c3cccs3)C[C@@H]2CNC2CCOCC2)cc1. The molecule has 14 nitrogen and oxygen atoms in total. The Kier molecular flexibility index (Phi) is 16.3. The Morgan fingerprint density at radius 2 is 0.938 bits per heavy atom. The van der Waals surface area contributed by atoms with Crippen molar-refractivity contribution in [2.24, 2.45) is 0 Å². The lowest BCUT2D eigenvalue weighted by molar-refractivity contribution is 0.0771. The van der Waals surface area contributed by atoms with Crippen LogP contribution in [0, 0.1) is 0 Å². The Balaban J connectivity index is 0.000000191. The molecule has 4 saturated heterocycles. The fourth-order valence-corrected chi connectivity index (χ4v) is 14.0. The van der Waals surface area contributed by atoms with Crippen LogP contribution in [0.15, 0.2) is 92.0 Å². The molecule has 0 radical (unpaired) electrons. The average molecular weight is 959 g/mol. The number of sulfonamides is 2. The van der Waals surface area contributed by atoms with Crippen LogP contribution in [0.4, 0.5) is 11.4 Å². The molecule has 0 saturated carbocycles. The Morgan fingerprint density at radius 1 is 0.578 bits per heavy atom. The van der Waals surface area contributed by atoms with Crippen LogP contribution in [-0.4, -0.2) is 139 Å². The zero-order chi connectivity index (χ0) is 45.5. The van der Waals surface area contributed by atoms with Crippen molar-refractivity contribution in [3.05, 3.63) is 94.7 Å². The Bertz CT molecular complexity index is 2090. The molecule has 2 atom stereocenters. The maximum Gasteiger partial charge on any atom is 0.252 e. The van der Waals surface area contributed by atoms with Gasteiger partial charge in [-0.25, -0.2) is 16.8 Å². The van der Waals surface area contributed by atoms with E-state index in [0.29, 0.717) is 72.9 Å². The van der Waals surface area contributed by atoms with Gasteiger partial charge in [-0.1, -0.05) is 36.4 Å². The number of nitrogens with zero attached hydrogens (tertiary/aromatic N) is 4. The monoisotopic (exact) mass is 958 g/mol. The predicted molar refractivity (Wildman–Crippen MR) is 255 cm³/mol. The fraction of sp³-hybridized carbons (Fsp3) is 0.565. The van der Waals surface area contributed by atoms with Crippen molar-refractivity contribution in [2.75, 3.05) is 88.6 Å². The molecule has 4 fully saturated rings. The third-order valence-electron chi connectivity index (χ3n) is 12.6. The molecule has 0 spiro atoms. The Hall–Kier alpha value is -2.98. The number of hydrogen-bond donors (Lipinski definition) is 4. The predicted octanol–water partition coefficient (Wildman–Crippen LogP) is 5.25. The first-order valence-electron chi connectivity index (χ1n) is 22.4. The van der Waals surface area contributed by atoms with E-state index in [9.17, 15) is 27.0 Å². The number of thiophene rings is 2. The summed E-state index contributed by atoms with van der Waals surface area (Å²) >= 11 is 2.53. The van der Waals surface area contributed by atoms with E-state index < -0.39 is 31.2 Å². The molecule has 8 rings (SSSR count). The van der Waals surface area contributed by atoms with E-state index in [-0.39, 0.29) is 12.1 Å². The van der Waals surface area contributed by atoms with Gasteiger partial charge in [0.15, 0.2) is 0 Å². The minimum absolute atomic E-state index is 0.00863. The van der Waals surface area contributed by atoms with Crippen molar-refractivity contribution in [1.29, 1.82) is 0 Å². The maximum absolute atomic E-state index is 13.2. The van der Waals surface area contributed by atoms with Gasteiger partial charge < -0.3 is 40.1 Å². The molecule has 0 unspecified atom stereocenters. The molecule has 4 N–H and O–H groups in total. The molecule has 0 bridgehead atoms. The standard InChI is InChI=1S/2C23H33N3O4S2/c2*1-23(2,27)18-5-7-20(8-6-18)26-12-11-25(32(28,29)22-4-3-15-31-22)17-21(26)16-24-19-9-13-30-14-10-19/h2*3-8,15,19,21,24,27H,9-14,16-17H2,1-2H3/t2*21-/m00/s1. The van der Waals surface area contributed by atoms with Crippen molar-refractivity contribution in [2.45, 2.75) is 97.2 Å². The lowest BCUT2D eigenvalue weighted by Crippen LogP contribution is -2.58. The second-order valence-corrected chi connectivity index (χ2v) is 24.3. The number of rotatable bonds is 14. The minimum atomic E-state index is -3.48. The second-order valence-electron chi connectivity index (χ2n) is 18.1. The van der Waals surface area contributed by atoms with Gasteiger partial charge in [0.1, 0.15) is 8.42 Å². The Labute approximate surface area is 388 Å². The van der Waals surface area contributed by atoms with Crippen molar-refractivity contribution in [1.82, 2.24) is 19.2 Å². The third-order valence-corrected chi connectivity index (χ3v) is 19.1. The molecule has 64 heavy (non-hydrogen) atoms. The second kappa shape index (κ2) is 21.3. The van der Waals surface area contributed by atoms with Crippen LogP contribution in [0.1, 0.15) is 64.5 Å². The highest BCUT2D eigenvalue weighted by Crippen LogP contribution is 2.31. The van der Waals surface area contributed by atoms with Crippen LogP contribution < -0.4 is 20.4 Å². The minimum Gasteiger partial charge on any atom is -0.386 e. The van der Waals surface area contributed by atoms with Crippen LogP contribution in [0.5, 0.6) is 0 Å². The Morgan fingerprint density at radius 3 is 1.25 bits per heavy atom. The number of benzene rings is 2. The summed E-state index contributed by atoms with van der Waals surface area (Å²) < 4.78 is 67.6. The van der Waals surface area contributed by atoms with E-state index in [1.54, 1.807) is 71.3 Å². The van der Waals surface area contributed by atoms with Gasteiger partial charge in [-0.05, 0) is 112 Å². The van der Waals surface area contributed by atoms with E-state index in [1.165, 1.54) is 22.7 Å². The van der Waals surface area contributed by atoms with Crippen LogP contribution in [0.2, 0.25) is 0 Å². The van der Waals surface area contributed by atoms with Crippen molar-refractivity contribution in [3.63, 3.8) is 0 Å². The van der Waals surface area contributed by atoms with Gasteiger partial charge in [-0.3, -0.25) is 0 Å². The lowest BCUT2D eigenvalue weighted by Gasteiger charge is -2.43. The quantitative estimate of drug-likeness (QED) is 0.130. The molecule has 0 amide bonds. The van der Waals surface area contributed by atoms with Gasteiger partial charge in [0, 0.05) is 102 Å². The van der Waals surface area contributed by atoms with Gasteiger partial charge in [0.2, 0.25) is 0 Å². The maximum atomic E-state index is 13.2. The lowest BCUT2D eigenvalue weighted by atomic mass is 9.98. The third kappa shape index (κ3) is 12.3. The van der Waals surface area contributed by atoms with Crippen LogP contribution in [0.25, 0.3) is 0 Å². The largest absolute Gasteiger partial charge is 0.386 e. The van der Waals surface area contributed by atoms with Crippen LogP contribution >= 0.6 is 22.7 Å². The summed E-state index contributed by atoms with van der Waals surface area (Å²) in [5, 5.41) is 31.5. The fourth-order valence-electron chi connectivity index (χ4n) is 8.72. The van der Waals surface area contributed by atoms with Gasteiger partial charge in [0.05, 0.1) is 23.3 Å². The molecular weight excluding hydrogens is 893 g/mol. The summed E-state index contributed by atoms with van der Waals surface area (Å²) in [4.78, 5) is 4.59. The van der Waals surface area contributed by atoms with Crippen LogP contribution in [-0.2, 0) is 40.7 Å². The van der Waals surface area contributed by atoms with Crippen molar-refractivity contribution >= 4 is 54.1 Å². The first kappa shape index (κ1) is 48.9. The zero-order valence-electron chi connectivity index (χ0n) is 37.5. The number of aliphatic hydroxyl groups is 2. The van der Waals surface area contributed by atoms with Crippen molar-refractivity contribution in [3.8, 4) is 0 Å². The molecule has 2 aromatic heterocycles. The number of anilines is 2. The summed E-state index contributed by atoms with van der Waals surface area (Å²) in [5.41, 5.74) is 2.02. The first-order valence-corrected chi connectivity index (χ1v) is 27.0. The highest BCUT2D eigenvalue weighted by atomic mass is 32.3. The zero-order valence-corrected chi connectivity index (χ0v) is 40.7. The highest BCUT2D eigenvalue weighted by molar-refractivity contribution is 7.91. The molecule has 4 aliphatic heterocycles. The summed E-state index contributed by atoms with van der Waals surface area (Å²) in [7, 11) is -6.96. The summed E-state index contributed by atoms with van der Waals surface area (Å²) in [5.74, 6) is 0.